The Labute approximate surface area is 269 Å². The van der Waals surface area contributed by atoms with Gasteiger partial charge >= 0.3 is 12.1 Å². The molecule has 1 aromatic carbocycles. The number of nitrogens with one attached hydrogen (secondary N) is 2. The highest BCUT2D eigenvalue weighted by atomic mass is 19.3. The third kappa shape index (κ3) is 6.90. The number of methoxy groups -OCH3 is 1. The zero-order valence-corrected chi connectivity index (χ0v) is 26.8. The van der Waals surface area contributed by atoms with Gasteiger partial charge in [0.25, 0.3) is 0 Å². The average molecular weight is 660 g/mol. The van der Waals surface area contributed by atoms with Crippen LogP contribution in [0.5, 0.6) is 5.75 Å². The summed E-state index contributed by atoms with van der Waals surface area (Å²) in [6, 6.07) is 2.85. The number of carboxylic acids is 1. The molecule has 4 bridgehead atoms. The molecule has 3 N–H and O–H groups in total. The molecule has 3 heterocycles. The van der Waals surface area contributed by atoms with E-state index >= 15 is 0 Å². The lowest BCUT2D eigenvalue weighted by Gasteiger charge is -2.35. The van der Waals surface area contributed by atoms with Gasteiger partial charge in [-0.25, -0.2) is 18.4 Å². The summed E-state index contributed by atoms with van der Waals surface area (Å²) in [7, 11) is 1.54. The molecule has 0 spiro atoms. The molecule has 1 aliphatic carbocycles. The standard InChI is InChI=1S/C31H39F2N7O7/c1-16-8-6-7-9-17-12-19(46-5)10-11-21(17)40-37-25(36-38-40)18-13-22(26(41)35-31(28(43)44)14-20(31)24(32)33)39(15-18)27(42)23(30(2,3)4)34-29(45)47-16/h7,9-12,16,18,20,22-24H,6,8,13-15H2,1-5H3,(H,34,45)(H,35,41)(H,43,44)/b9-7+/t16-,18-,20+,22+,23-,31+/m1/s1. The van der Waals surface area contributed by atoms with Crippen molar-refractivity contribution in [1.29, 1.82) is 0 Å². The molecule has 1 aromatic heterocycles. The molecule has 2 fully saturated rings. The van der Waals surface area contributed by atoms with E-state index in [2.05, 4.69) is 26.0 Å². The first-order valence-corrected chi connectivity index (χ1v) is 15.4. The molecule has 1 saturated heterocycles. The minimum absolute atomic E-state index is 0.0496. The maximum absolute atomic E-state index is 14.2. The molecule has 6 atom stereocenters. The zero-order valence-electron chi connectivity index (χ0n) is 26.8. The van der Waals surface area contributed by atoms with Gasteiger partial charge in [0, 0.05) is 18.0 Å². The van der Waals surface area contributed by atoms with Crippen LogP contribution in [0.15, 0.2) is 24.3 Å². The third-order valence-corrected chi connectivity index (χ3v) is 8.90. The van der Waals surface area contributed by atoms with Crippen molar-refractivity contribution >= 4 is 30.0 Å². The molecule has 5 rings (SSSR count). The molecular weight excluding hydrogens is 620 g/mol. The van der Waals surface area contributed by atoms with Gasteiger partial charge in [0.1, 0.15) is 29.5 Å². The molecule has 1 saturated carbocycles. The van der Waals surface area contributed by atoms with Gasteiger partial charge in [-0.2, -0.15) is 0 Å². The van der Waals surface area contributed by atoms with Crippen LogP contribution >= 0.6 is 0 Å². The smallest absolute Gasteiger partial charge is 0.408 e. The largest absolute Gasteiger partial charge is 0.497 e. The van der Waals surface area contributed by atoms with E-state index in [1.807, 2.05) is 12.2 Å². The second-order valence-electron chi connectivity index (χ2n) is 13.4. The Balaban J connectivity index is 1.54. The van der Waals surface area contributed by atoms with Crippen molar-refractivity contribution in [1.82, 2.24) is 35.7 Å². The predicted octanol–water partition coefficient (Wildman–Crippen LogP) is 2.92. The molecule has 14 nitrogen and oxygen atoms in total. The fourth-order valence-electron chi connectivity index (χ4n) is 6.07. The maximum atomic E-state index is 14.2. The molecule has 2 aliphatic heterocycles. The molecule has 0 radical (unpaired) electrons. The van der Waals surface area contributed by atoms with Crippen molar-refractivity contribution in [3.8, 4) is 11.4 Å². The van der Waals surface area contributed by atoms with E-state index in [1.54, 1.807) is 53.0 Å². The van der Waals surface area contributed by atoms with Gasteiger partial charge in [-0.15, -0.1) is 15.0 Å². The van der Waals surface area contributed by atoms with Crippen LogP contribution in [0.1, 0.15) is 70.7 Å². The Morgan fingerprint density at radius 1 is 1.26 bits per heavy atom. The predicted molar refractivity (Wildman–Crippen MR) is 162 cm³/mol. The van der Waals surface area contributed by atoms with Crippen LogP contribution in [-0.2, 0) is 19.1 Å². The number of hydrogen-bond donors (Lipinski definition) is 3. The maximum Gasteiger partial charge on any atom is 0.408 e. The Kier molecular flexibility index (Phi) is 9.24. The van der Waals surface area contributed by atoms with Crippen LogP contribution in [-0.4, -0.2) is 97.9 Å². The lowest BCUT2D eigenvalue weighted by atomic mass is 9.85. The number of benzene rings is 1. The van der Waals surface area contributed by atoms with Crippen LogP contribution in [0, 0.1) is 11.3 Å². The first-order chi connectivity index (χ1) is 22.1. The van der Waals surface area contributed by atoms with Crippen molar-refractivity contribution in [2.75, 3.05) is 13.7 Å². The summed E-state index contributed by atoms with van der Waals surface area (Å²) in [5.74, 6) is -4.52. The third-order valence-electron chi connectivity index (χ3n) is 8.90. The Morgan fingerprint density at radius 3 is 2.64 bits per heavy atom. The Morgan fingerprint density at radius 2 is 2.00 bits per heavy atom. The number of cyclic esters (lactones) is 1. The number of hydrogen-bond acceptors (Lipinski definition) is 9. The highest BCUT2D eigenvalue weighted by molar-refractivity contribution is 5.96. The second-order valence-corrected chi connectivity index (χ2v) is 13.4. The second kappa shape index (κ2) is 12.9. The molecule has 254 valence electrons. The molecule has 3 amide bonds. The van der Waals surface area contributed by atoms with Crippen molar-refractivity contribution in [3.63, 3.8) is 0 Å². The summed E-state index contributed by atoms with van der Waals surface area (Å²) in [6.07, 6.45) is 0.0221. The Hall–Kier alpha value is -4.63. The fraction of sp³-hybridized carbons (Fsp3) is 0.581. The lowest BCUT2D eigenvalue weighted by Crippen LogP contribution is -2.59. The van der Waals surface area contributed by atoms with E-state index in [0.717, 1.165) is 0 Å². The van der Waals surface area contributed by atoms with Gasteiger partial charge in [0.2, 0.25) is 18.2 Å². The highest BCUT2D eigenvalue weighted by Crippen LogP contribution is 2.48. The quantitative estimate of drug-likeness (QED) is 0.432. The van der Waals surface area contributed by atoms with Crippen LogP contribution < -0.4 is 15.4 Å². The van der Waals surface area contributed by atoms with Gasteiger partial charge in [-0.05, 0) is 61.4 Å². The number of amides is 3. The monoisotopic (exact) mass is 659 g/mol. The zero-order chi connectivity index (χ0) is 34.3. The van der Waals surface area contributed by atoms with Gasteiger partial charge in [-0.1, -0.05) is 32.9 Å². The van der Waals surface area contributed by atoms with Crippen molar-refractivity contribution in [3.05, 3.63) is 35.7 Å². The van der Waals surface area contributed by atoms with Crippen LogP contribution in [0.4, 0.5) is 13.6 Å². The number of halogens is 2. The number of fused-ring (bicyclic) bond motifs is 7. The van der Waals surface area contributed by atoms with E-state index in [1.165, 1.54) is 9.70 Å². The van der Waals surface area contributed by atoms with Gasteiger partial charge in [0.15, 0.2) is 5.82 Å². The number of tetrazole rings is 1. The van der Waals surface area contributed by atoms with Gasteiger partial charge < -0.3 is 30.1 Å². The number of aliphatic carboxylic acids is 1. The minimum Gasteiger partial charge on any atom is -0.497 e. The van der Waals surface area contributed by atoms with Crippen molar-refractivity contribution in [2.24, 2.45) is 11.3 Å². The molecule has 2 aromatic rings. The number of ether oxygens (including phenoxy) is 2. The number of rotatable bonds is 5. The summed E-state index contributed by atoms with van der Waals surface area (Å²) < 4.78 is 38.0. The number of allylic oxidation sites excluding steroid dienone is 1. The normalized spacial score (nSPS) is 28.8. The number of alkyl carbamates (subject to hydrolysis) is 1. The molecule has 16 heteroatoms. The van der Waals surface area contributed by atoms with Gasteiger partial charge in [0.05, 0.1) is 18.7 Å². The summed E-state index contributed by atoms with van der Waals surface area (Å²) in [5, 5.41) is 27.8. The molecule has 0 unspecified atom stereocenters. The fourth-order valence-corrected chi connectivity index (χ4v) is 6.07. The number of carbonyl (C=O) groups excluding carboxylic acids is 3. The first-order valence-electron chi connectivity index (χ1n) is 15.4. The number of carboxylic acid groups (broad SMARTS) is 1. The van der Waals surface area contributed by atoms with Crippen molar-refractivity contribution in [2.45, 2.75) is 89.4 Å². The van der Waals surface area contributed by atoms with Crippen LogP contribution in [0.25, 0.3) is 11.8 Å². The van der Waals surface area contributed by atoms with E-state index in [4.69, 9.17) is 9.47 Å². The van der Waals surface area contributed by atoms with E-state index in [9.17, 15) is 33.1 Å². The highest BCUT2D eigenvalue weighted by Gasteiger charge is 2.66. The molecular formula is C31H39F2N7O7. The Bertz CT molecular complexity index is 1580. The number of alkyl halides is 2. The summed E-state index contributed by atoms with van der Waals surface area (Å²) in [6.45, 7) is 6.83. The van der Waals surface area contributed by atoms with E-state index < -0.39 is 77.7 Å². The average Bonchev–Trinajstić information content (AvgIpc) is 3.32. The SMILES string of the molecule is COc1ccc2c(c1)/C=C/CC[C@@H](C)OC(=O)N[C@@H](C(C)(C)C)C(=O)N1C[C@@H](C[C@H]1C(=O)N[C@@]1(C(=O)O)C[C@H]1C(F)F)c1nnn-2n1. The first kappa shape index (κ1) is 33.7. The van der Waals surface area contributed by atoms with E-state index in [0.29, 0.717) is 29.8 Å². The molecule has 47 heavy (non-hydrogen) atoms. The van der Waals surface area contributed by atoms with Gasteiger partial charge in [-0.3, -0.25) is 9.59 Å². The topological polar surface area (TPSA) is 178 Å². The summed E-state index contributed by atoms with van der Waals surface area (Å²) in [5.41, 5.74) is -1.71. The lowest BCUT2D eigenvalue weighted by molar-refractivity contribution is -0.147. The number of nitrogens with zero attached hydrogens (tertiary/aromatic N) is 5. The van der Waals surface area contributed by atoms with E-state index in [-0.39, 0.29) is 18.8 Å². The molecule has 3 aliphatic rings. The van der Waals surface area contributed by atoms with Crippen LogP contribution in [0.2, 0.25) is 0 Å². The minimum atomic E-state index is -2.96. The number of aromatic nitrogens is 4. The summed E-state index contributed by atoms with van der Waals surface area (Å²) >= 11 is 0. The number of carbonyl (C=O) groups is 4. The van der Waals surface area contributed by atoms with Crippen molar-refractivity contribution < 1.29 is 42.5 Å². The van der Waals surface area contributed by atoms with Crippen LogP contribution in [0.3, 0.4) is 0 Å². The summed E-state index contributed by atoms with van der Waals surface area (Å²) in [4.78, 5) is 55.5.